The van der Waals surface area contributed by atoms with Crippen molar-refractivity contribution in [2.45, 2.75) is 64.0 Å². The maximum atomic E-state index is 12.2. The second-order valence-electron chi connectivity index (χ2n) is 7.54. The van der Waals surface area contributed by atoms with Crippen LogP contribution in [0.2, 0.25) is 0 Å². The van der Waals surface area contributed by atoms with E-state index in [0.29, 0.717) is 30.3 Å². The Bertz CT molecular complexity index is 452. The maximum Gasteiger partial charge on any atom is 0.219 e. The van der Waals surface area contributed by atoms with Crippen molar-refractivity contribution in [1.29, 1.82) is 0 Å². The van der Waals surface area contributed by atoms with Gasteiger partial charge in [-0.25, -0.2) is 0 Å². The van der Waals surface area contributed by atoms with Crippen LogP contribution in [0.4, 0.5) is 0 Å². The molecule has 23 heavy (non-hydrogen) atoms. The SMILES string of the molecule is CNC(=O)CCC[C@@H]1[C@H]2CCCN3CCC[C@@H](CN1C(C)=O)[C@@H]23. The molecular formula is C18H31N3O2. The Labute approximate surface area is 139 Å². The smallest absolute Gasteiger partial charge is 0.219 e. The molecule has 3 heterocycles. The zero-order chi connectivity index (χ0) is 16.4. The lowest BCUT2D eigenvalue weighted by Gasteiger charge is -2.57. The monoisotopic (exact) mass is 321 g/mol. The number of carbonyl (C=O) groups is 2. The van der Waals surface area contributed by atoms with Crippen LogP contribution >= 0.6 is 0 Å². The summed E-state index contributed by atoms with van der Waals surface area (Å²) in [5.74, 6) is 1.59. The first-order valence-corrected chi connectivity index (χ1v) is 9.33. The summed E-state index contributed by atoms with van der Waals surface area (Å²) in [6, 6.07) is 1.01. The Balaban J connectivity index is 1.73. The summed E-state index contributed by atoms with van der Waals surface area (Å²) in [7, 11) is 1.69. The molecular weight excluding hydrogens is 290 g/mol. The quantitative estimate of drug-likeness (QED) is 0.856. The highest BCUT2D eigenvalue weighted by Gasteiger charge is 2.48. The zero-order valence-electron chi connectivity index (χ0n) is 14.6. The first-order valence-electron chi connectivity index (χ1n) is 9.33. The molecule has 3 saturated heterocycles. The number of nitrogens with zero attached hydrogens (tertiary/aromatic N) is 2. The fourth-order valence-corrected chi connectivity index (χ4v) is 5.32. The van der Waals surface area contributed by atoms with Crippen LogP contribution < -0.4 is 5.32 Å². The third kappa shape index (κ3) is 3.39. The Morgan fingerprint density at radius 3 is 2.61 bits per heavy atom. The van der Waals surface area contributed by atoms with Crippen LogP contribution in [-0.4, -0.2) is 60.4 Å². The molecule has 0 radical (unpaired) electrons. The summed E-state index contributed by atoms with van der Waals surface area (Å²) < 4.78 is 0. The van der Waals surface area contributed by atoms with Gasteiger partial charge in [-0.1, -0.05) is 0 Å². The topological polar surface area (TPSA) is 52.7 Å². The van der Waals surface area contributed by atoms with E-state index in [-0.39, 0.29) is 11.8 Å². The second kappa shape index (κ2) is 7.20. The predicted octanol–water partition coefficient (Wildman–Crippen LogP) is 1.62. The molecule has 4 atom stereocenters. The van der Waals surface area contributed by atoms with Crippen molar-refractivity contribution in [3.05, 3.63) is 0 Å². The van der Waals surface area contributed by atoms with E-state index in [1.807, 2.05) is 0 Å². The Morgan fingerprint density at radius 2 is 1.91 bits per heavy atom. The summed E-state index contributed by atoms with van der Waals surface area (Å²) in [5.41, 5.74) is 0. The summed E-state index contributed by atoms with van der Waals surface area (Å²) in [6.45, 7) is 5.12. The minimum absolute atomic E-state index is 0.107. The summed E-state index contributed by atoms with van der Waals surface area (Å²) in [5, 5.41) is 2.70. The first-order chi connectivity index (χ1) is 11.1. The number of nitrogens with one attached hydrogen (secondary N) is 1. The van der Waals surface area contributed by atoms with Gasteiger partial charge < -0.3 is 10.2 Å². The molecule has 1 N–H and O–H groups in total. The molecule has 5 heteroatoms. The van der Waals surface area contributed by atoms with E-state index in [1.54, 1.807) is 14.0 Å². The molecule has 0 spiro atoms. The molecule has 0 aromatic heterocycles. The number of rotatable bonds is 4. The predicted molar refractivity (Wildman–Crippen MR) is 89.9 cm³/mol. The molecule has 3 fully saturated rings. The molecule has 0 aromatic rings. The van der Waals surface area contributed by atoms with Crippen molar-refractivity contribution in [3.63, 3.8) is 0 Å². The van der Waals surface area contributed by atoms with E-state index in [1.165, 1.54) is 38.8 Å². The highest BCUT2D eigenvalue weighted by atomic mass is 16.2. The molecule has 0 aliphatic carbocycles. The Kier molecular flexibility index (Phi) is 5.24. The van der Waals surface area contributed by atoms with Crippen molar-refractivity contribution in [2.24, 2.45) is 11.8 Å². The molecule has 0 saturated carbocycles. The minimum Gasteiger partial charge on any atom is -0.359 e. The zero-order valence-corrected chi connectivity index (χ0v) is 14.6. The number of hydrogen-bond donors (Lipinski definition) is 1. The number of piperidine rings is 3. The lowest BCUT2D eigenvalue weighted by atomic mass is 9.69. The van der Waals surface area contributed by atoms with Crippen molar-refractivity contribution < 1.29 is 9.59 Å². The van der Waals surface area contributed by atoms with Crippen LogP contribution in [0.1, 0.15) is 51.9 Å². The van der Waals surface area contributed by atoms with Crippen LogP contribution in [0.25, 0.3) is 0 Å². The molecule has 0 unspecified atom stereocenters. The Morgan fingerprint density at radius 1 is 1.17 bits per heavy atom. The van der Waals surface area contributed by atoms with Gasteiger partial charge >= 0.3 is 0 Å². The fourth-order valence-electron chi connectivity index (χ4n) is 5.32. The number of amides is 2. The van der Waals surface area contributed by atoms with Crippen LogP contribution in [0, 0.1) is 11.8 Å². The molecule has 5 nitrogen and oxygen atoms in total. The standard InChI is InChI=1S/C18H31N3O2/c1-13(22)21-12-14-6-4-10-20-11-5-7-15(18(14)20)16(21)8-3-9-17(23)19-2/h14-16,18H,3-12H2,1-2H3,(H,19,23)/t14-,15+,16+,18-/m0/s1. The van der Waals surface area contributed by atoms with E-state index in [4.69, 9.17) is 0 Å². The van der Waals surface area contributed by atoms with Gasteiger partial charge in [0.05, 0.1) is 0 Å². The average molecular weight is 321 g/mol. The molecule has 0 bridgehead atoms. The summed E-state index contributed by atoms with van der Waals surface area (Å²) >= 11 is 0. The van der Waals surface area contributed by atoms with Crippen LogP contribution in [0.3, 0.4) is 0 Å². The van der Waals surface area contributed by atoms with E-state index < -0.39 is 0 Å². The van der Waals surface area contributed by atoms with Crippen molar-refractivity contribution in [3.8, 4) is 0 Å². The molecule has 0 aromatic carbocycles. The normalized spacial score (nSPS) is 33.9. The van der Waals surface area contributed by atoms with E-state index in [0.717, 1.165) is 19.4 Å². The van der Waals surface area contributed by atoms with Gasteiger partial charge in [0, 0.05) is 39.0 Å². The number of likely N-dealkylation sites (tertiary alicyclic amines) is 1. The van der Waals surface area contributed by atoms with Crippen molar-refractivity contribution in [1.82, 2.24) is 15.1 Å². The van der Waals surface area contributed by atoms with Gasteiger partial charge in [0.2, 0.25) is 11.8 Å². The Hall–Kier alpha value is -1.10. The highest BCUT2D eigenvalue weighted by Crippen LogP contribution is 2.43. The molecule has 3 aliphatic heterocycles. The van der Waals surface area contributed by atoms with Crippen LogP contribution in [0.15, 0.2) is 0 Å². The number of carbonyl (C=O) groups excluding carboxylic acids is 2. The molecule has 130 valence electrons. The third-order valence-electron chi connectivity index (χ3n) is 6.26. The van der Waals surface area contributed by atoms with Gasteiger partial charge in [-0.2, -0.15) is 0 Å². The minimum atomic E-state index is 0.107. The van der Waals surface area contributed by atoms with Crippen molar-refractivity contribution in [2.75, 3.05) is 26.7 Å². The highest BCUT2D eigenvalue weighted by molar-refractivity contribution is 5.75. The molecule has 3 rings (SSSR count). The van der Waals surface area contributed by atoms with Gasteiger partial charge in [0.25, 0.3) is 0 Å². The summed E-state index contributed by atoms with van der Waals surface area (Å²) in [4.78, 5) is 28.6. The van der Waals surface area contributed by atoms with Crippen LogP contribution in [-0.2, 0) is 9.59 Å². The van der Waals surface area contributed by atoms with Gasteiger partial charge in [0.1, 0.15) is 0 Å². The van der Waals surface area contributed by atoms with E-state index in [2.05, 4.69) is 15.1 Å². The second-order valence-corrected chi connectivity index (χ2v) is 7.54. The molecule has 3 aliphatic rings. The molecule has 2 amide bonds. The lowest BCUT2D eigenvalue weighted by Crippen LogP contribution is -2.65. The van der Waals surface area contributed by atoms with Gasteiger partial charge in [-0.15, -0.1) is 0 Å². The lowest BCUT2D eigenvalue weighted by molar-refractivity contribution is -0.144. The summed E-state index contributed by atoms with van der Waals surface area (Å²) in [6.07, 6.45) is 7.46. The first kappa shape index (κ1) is 16.7. The van der Waals surface area contributed by atoms with Gasteiger partial charge in [-0.05, 0) is 63.5 Å². The number of hydrogen-bond acceptors (Lipinski definition) is 3. The largest absolute Gasteiger partial charge is 0.359 e. The maximum absolute atomic E-state index is 12.2. The van der Waals surface area contributed by atoms with Gasteiger partial charge in [-0.3, -0.25) is 14.5 Å². The van der Waals surface area contributed by atoms with Crippen LogP contribution in [0.5, 0.6) is 0 Å². The van der Waals surface area contributed by atoms with E-state index in [9.17, 15) is 9.59 Å². The van der Waals surface area contributed by atoms with E-state index >= 15 is 0 Å². The van der Waals surface area contributed by atoms with Crippen molar-refractivity contribution >= 4 is 11.8 Å². The average Bonchev–Trinajstić information content (AvgIpc) is 2.56. The van der Waals surface area contributed by atoms with Gasteiger partial charge in [0.15, 0.2) is 0 Å². The fraction of sp³-hybridized carbons (Fsp3) is 0.889. The third-order valence-corrected chi connectivity index (χ3v) is 6.26.